The number of fused-ring (bicyclic) bond motifs is 1. The first-order valence-corrected chi connectivity index (χ1v) is 10.5. The molecule has 3 aliphatic rings. The van der Waals surface area contributed by atoms with Crippen LogP contribution in [0.25, 0.3) is 0 Å². The highest BCUT2D eigenvalue weighted by atomic mass is 32.3. The van der Waals surface area contributed by atoms with E-state index in [1.807, 2.05) is 0 Å². The summed E-state index contributed by atoms with van der Waals surface area (Å²) in [5.41, 5.74) is 0. The van der Waals surface area contributed by atoms with Crippen molar-refractivity contribution >= 4 is 33.1 Å². The molecule has 3 rings (SSSR count). The number of hydrogen-bond donors (Lipinski definition) is 3. The molecular formula is C16H25N3O6S. The zero-order valence-corrected chi connectivity index (χ0v) is 15.9. The lowest BCUT2D eigenvalue weighted by Crippen LogP contribution is -2.57. The molecule has 0 spiro atoms. The van der Waals surface area contributed by atoms with Crippen molar-refractivity contribution in [2.75, 3.05) is 19.5 Å². The average Bonchev–Trinajstić information content (AvgIpc) is 3.12. The van der Waals surface area contributed by atoms with E-state index in [-0.39, 0.29) is 23.5 Å². The third kappa shape index (κ3) is 2.14. The second kappa shape index (κ2) is 6.12. The van der Waals surface area contributed by atoms with Crippen molar-refractivity contribution < 1.29 is 29.4 Å². The van der Waals surface area contributed by atoms with Gasteiger partial charge in [-0.2, -0.15) is 0 Å². The number of carboxylic acid groups (broad SMARTS) is 1. The van der Waals surface area contributed by atoms with Gasteiger partial charge in [0.15, 0.2) is 0 Å². The lowest BCUT2D eigenvalue weighted by molar-refractivity contribution is -0.157. The first kappa shape index (κ1) is 19.0. The maximum absolute atomic E-state index is 13.6. The van der Waals surface area contributed by atoms with Crippen molar-refractivity contribution in [3.63, 3.8) is 0 Å². The Morgan fingerprint density at radius 1 is 1.35 bits per heavy atom. The normalized spacial score (nSPS) is 37.5. The summed E-state index contributed by atoms with van der Waals surface area (Å²) in [6.45, 7) is 3.68. The lowest BCUT2D eigenvalue weighted by Gasteiger charge is -2.51. The molecule has 3 aliphatic heterocycles. The summed E-state index contributed by atoms with van der Waals surface area (Å²) in [7, 11) is -1.09. The van der Waals surface area contributed by atoms with E-state index in [1.165, 1.54) is 16.8 Å². The van der Waals surface area contributed by atoms with Crippen LogP contribution < -0.4 is 5.32 Å². The molecule has 3 heterocycles. The third-order valence-electron chi connectivity index (χ3n) is 6.07. The van der Waals surface area contributed by atoms with Crippen LogP contribution in [0.3, 0.4) is 0 Å². The summed E-state index contributed by atoms with van der Waals surface area (Å²) < 4.78 is -1.10. The number of nitrogens with zero attached hydrogens (tertiary/aromatic N) is 2. The Kier molecular flexibility index (Phi) is 4.47. The molecule has 0 bridgehead atoms. The lowest BCUT2D eigenvalue weighted by atomic mass is 9.98. The molecule has 3 fully saturated rings. The molecule has 0 radical (unpaired) electrons. The largest absolute Gasteiger partial charge is 0.480 e. The van der Waals surface area contributed by atoms with Gasteiger partial charge in [-0.05, 0) is 26.7 Å². The Morgan fingerprint density at radius 2 is 2.00 bits per heavy atom. The minimum absolute atomic E-state index is 0.0628. The number of likely N-dealkylation sites (tertiary alicyclic amines) is 1. The minimum atomic E-state index is -2.60. The number of rotatable bonds is 3. The molecule has 3 saturated heterocycles. The maximum atomic E-state index is 13.6. The van der Waals surface area contributed by atoms with E-state index in [0.717, 1.165) is 0 Å². The summed E-state index contributed by atoms with van der Waals surface area (Å²) in [6, 6.07) is -1.77. The number of aliphatic hydroxyl groups excluding tert-OH is 1. The fraction of sp³-hybridized carbons (Fsp3) is 0.750. The van der Waals surface area contributed by atoms with E-state index < -0.39 is 44.1 Å². The van der Waals surface area contributed by atoms with Gasteiger partial charge < -0.3 is 25.3 Å². The van der Waals surface area contributed by atoms with Crippen molar-refractivity contribution in [3.8, 4) is 0 Å². The number of carbonyl (C=O) groups excluding carboxylic acids is 3. The van der Waals surface area contributed by atoms with E-state index in [2.05, 4.69) is 5.32 Å². The highest BCUT2D eigenvalue weighted by molar-refractivity contribution is 8.46. The van der Waals surface area contributed by atoms with Gasteiger partial charge >= 0.3 is 5.97 Å². The number of likely N-dealkylation sites (N-methyl/N-ethyl adjacent to an activating group) is 1. The summed E-state index contributed by atoms with van der Waals surface area (Å²) >= 11 is 0. The van der Waals surface area contributed by atoms with Crippen LogP contribution in [0.5, 0.6) is 0 Å². The Hall–Kier alpha value is -1.81. The van der Waals surface area contributed by atoms with Crippen LogP contribution in [0.1, 0.15) is 33.1 Å². The molecule has 3 N–H and O–H groups in total. The molecule has 26 heavy (non-hydrogen) atoms. The number of amides is 3. The number of β-lactam (4-membered cyclic amide) rings is 1. The molecule has 10 heteroatoms. The van der Waals surface area contributed by atoms with E-state index in [9.17, 15) is 29.4 Å². The van der Waals surface area contributed by atoms with Gasteiger partial charge in [0.05, 0.1) is 17.7 Å². The molecule has 0 aromatic heterocycles. The minimum Gasteiger partial charge on any atom is -0.480 e. The van der Waals surface area contributed by atoms with E-state index in [0.29, 0.717) is 19.4 Å². The van der Waals surface area contributed by atoms with Gasteiger partial charge in [0, 0.05) is 18.3 Å². The van der Waals surface area contributed by atoms with Crippen LogP contribution in [-0.2, 0) is 14.4 Å². The summed E-state index contributed by atoms with van der Waals surface area (Å²) in [6.07, 6.45) is 1.26. The van der Waals surface area contributed by atoms with Crippen molar-refractivity contribution in [1.29, 1.82) is 0 Å². The zero-order valence-electron chi connectivity index (χ0n) is 15.1. The van der Waals surface area contributed by atoms with Crippen molar-refractivity contribution in [2.24, 2.45) is 0 Å². The van der Waals surface area contributed by atoms with Crippen LogP contribution in [0, 0.1) is 0 Å². The Balaban J connectivity index is 2.05. The van der Waals surface area contributed by atoms with Crippen LogP contribution >= 0.6 is 10.0 Å². The number of carbonyl (C=O) groups is 4. The van der Waals surface area contributed by atoms with Crippen LogP contribution in [-0.4, -0.2) is 84.8 Å². The number of hydrogen-bond acceptors (Lipinski definition) is 5. The van der Waals surface area contributed by atoms with Gasteiger partial charge in [0.2, 0.25) is 11.8 Å². The van der Waals surface area contributed by atoms with Crippen molar-refractivity contribution in [3.05, 3.63) is 0 Å². The van der Waals surface area contributed by atoms with Gasteiger partial charge in [-0.3, -0.25) is 14.4 Å². The molecule has 146 valence electrons. The second-order valence-corrected chi connectivity index (χ2v) is 11.2. The first-order valence-electron chi connectivity index (χ1n) is 8.61. The topological polar surface area (TPSA) is 127 Å². The van der Waals surface area contributed by atoms with Crippen LogP contribution in [0.2, 0.25) is 0 Å². The quantitative estimate of drug-likeness (QED) is 0.579. The fourth-order valence-electron chi connectivity index (χ4n) is 4.63. The molecule has 0 aromatic carbocycles. The number of aliphatic hydroxyl groups is 1. The number of aliphatic carboxylic acids is 1. The van der Waals surface area contributed by atoms with E-state index >= 15 is 0 Å². The van der Waals surface area contributed by atoms with Gasteiger partial charge in [0.25, 0.3) is 5.24 Å². The Bertz CT molecular complexity index is 683. The average molecular weight is 387 g/mol. The van der Waals surface area contributed by atoms with E-state index in [1.54, 1.807) is 13.8 Å². The monoisotopic (exact) mass is 387 g/mol. The van der Waals surface area contributed by atoms with Gasteiger partial charge in [-0.15, -0.1) is 10.0 Å². The summed E-state index contributed by atoms with van der Waals surface area (Å²) in [5.74, 6) is -2.24. The van der Waals surface area contributed by atoms with Gasteiger partial charge in [0.1, 0.15) is 12.1 Å². The molecule has 0 aliphatic carbocycles. The third-order valence-corrected chi connectivity index (χ3v) is 10.8. The summed E-state index contributed by atoms with van der Waals surface area (Å²) in [4.78, 5) is 52.5. The van der Waals surface area contributed by atoms with Crippen molar-refractivity contribution in [1.82, 2.24) is 15.1 Å². The summed E-state index contributed by atoms with van der Waals surface area (Å²) in [5, 5.41) is 21.6. The smallest absolute Gasteiger partial charge is 0.327 e. The van der Waals surface area contributed by atoms with Crippen LogP contribution in [0.4, 0.5) is 4.79 Å². The maximum Gasteiger partial charge on any atom is 0.327 e. The highest BCUT2D eigenvalue weighted by Crippen LogP contribution is 2.74. The first-order chi connectivity index (χ1) is 12.1. The Morgan fingerprint density at radius 3 is 2.46 bits per heavy atom. The van der Waals surface area contributed by atoms with Gasteiger partial charge in [-0.25, -0.2) is 4.79 Å². The zero-order chi connectivity index (χ0) is 19.4. The fourth-order valence-corrected chi connectivity index (χ4v) is 8.93. The molecule has 0 saturated carbocycles. The predicted octanol–water partition coefficient (Wildman–Crippen LogP) is -0.125. The molecular weight excluding hydrogens is 362 g/mol. The van der Waals surface area contributed by atoms with Gasteiger partial charge in [-0.1, -0.05) is 0 Å². The second-order valence-electron chi connectivity index (χ2n) is 7.46. The predicted molar refractivity (Wildman–Crippen MR) is 94.6 cm³/mol. The SMILES string of the molecule is CNC(=O)[C@@H]1CCCN1C(=O)S1(CO)[C@@H]2CC(=O)N2[C@@H](C(=O)O)C1(C)C. The van der Waals surface area contributed by atoms with Crippen molar-refractivity contribution in [2.45, 2.75) is 55.3 Å². The van der Waals surface area contributed by atoms with Crippen LogP contribution in [0.15, 0.2) is 0 Å². The van der Waals surface area contributed by atoms with E-state index in [4.69, 9.17) is 0 Å². The molecule has 3 amide bonds. The standard InChI is InChI=1S/C16H25N3O6S/c1-16(2)12(14(23)24)19-10(21)7-11(19)26(16,8-20)15(25)18-6-4-5-9(18)13(22)17-3/h9,11-12,20H,4-8H2,1-3H3,(H,17,22)(H,23,24)/t9-,11+,12-/m0/s1. The Labute approximate surface area is 153 Å². The molecule has 4 atom stereocenters. The number of nitrogens with one attached hydrogen (secondary N) is 1. The molecule has 9 nitrogen and oxygen atoms in total. The molecule has 0 aromatic rings. The number of carboxylic acids is 1. The molecule has 1 unspecified atom stereocenters. The highest BCUT2D eigenvalue weighted by Gasteiger charge is 2.72.